The fourth-order valence-electron chi connectivity index (χ4n) is 3.49. The minimum atomic E-state index is -0.194. The maximum Gasteiger partial charge on any atom is 0.229 e. The molecule has 0 aromatic rings. The SMILES string of the molecule is CN1CCC(N(C)CCN(C)C(=O)C2(C)CCNC2)CC1. The lowest BCUT2D eigenvalue weighted by molar-refractivity contribution is -0.139. The number of amides is 1. The number of hydrogen-bond acceptors (Lipinski definition) is 4. The van der Waals surface area contributed by atoms with Gasteiger partial charge in [-0.3, -0.25) is 4.79 Å². The van der Waals surface area contributed by atoms with Crippen LogP contribution in [0.3, 0.4) is 0 Å². The molecular formula is C16H32N4O. The van der Waals surface area contributed by atoms with Crippen molar-refractivity contribution in [1.82, 2.24) is 20.0 Å². The third-order valence-corrected chi connectivity index (χ3v) is 5.33. The van der Waals surface area contributed by atoms with Crippen molar-refractivity contribution >= 4 is 5.91 Å². The Balaban J connectivity index is 1.75. The average Bonchev–Trinajstić information content (AvgIpc) is 2.92. The summed E-state index contributed by atoms with van der Waals surface area (Å²) in [6.07, 6.45) is 3.44. The Hall–Kier alpha value is -0.650. The van der Waals surface area contributed by atoms with Crippen molar-refractivity contribution in [3.8, 4) is 0 Å². The summed E-state index contributed by atoms with van der Waals surface area (Å²) in [5.41, 5.74) is -0.194. The molecule has 0 aromatic carbocycles. The van der Waals surface area contributed by atoms with Crippen molar-refractivity contribution in [2.75, 3.05) is 60.4 Å². The number of hydrogen-bond donors (Lipinski definition) is 1. The van der Waals surface area contributed by atoms with Crippen LogP contribution in [-0.2, 0) is 4.79 Å². The molecule has 5 heteroatoms. The van der Waals surface area contributed by atoms with Crippen LogP contribution in [0.15, 0.2) is 0 Å². The summed E-state index contributed by atoms with van der Waals surface area (Å²) in [4.78, 5) is 19.3. The summed E-state index contributed by atoms with van der Waals surface area (Å²) in [5.74, 6) is 0.296. The van der Waals surface area contributed by atoms with Crippen LogP contribution in [0.1, 0.15) is 26.2 Å². The van der Waals surface area contributed by atoms with Gasteiger partial charge in [-0.25, -0.2) is 0 Å². The Morgan fingerprint density at radius 1 is 1.29 bits per heavy atom. The first-order valence-corrected chi connectivity index (χ1v) is 8.27. The number of carbonyl (C=O) groups is 1. The molecule has 2 fully saturated rings. The predicted molar refractivity (Wildman–Crippen MR) is 86.4 cm³/mol. The minimum Gasteiger partial charge on any atom is -0.344 e. The molecule has 0 bridgehead atoms. The van der Waals surface area contributed by atoms with Gasteiger partial charge in [0.2, 0.25) is 5.91 Å². The second kappa shape index (κ2) is 7.07. The van der Waals surface area contributed by atoms with Gasteiger partial charge in [0.25, 0.3) is 0 Å². The zero-order valence-corrected chi connectivity index (χ0v) is 14.2. The fraction of sp³-hybridized carbons (Fsp3) is 0.938. The van der Waals surface area contributed by atoms with Gasteiger partial charge in [0.15, 0.2) is 0 Å². The van der Waals surface area contributed by atoms with Crippen molar-refractivity contribution in [3.05, 3.63) is 0 Å². The zero-order chi connectivity index (χ0) is 15.5. The van der Waals surface area contributed by atoms with E-state index in [1.165, 1.54) is 25.9 Å². The molecule has 0 radical (unpaired) electrons. The van der Waals surface area contributed by atoms with Crippen molar-refractivity contribution in [1.29, 1.82) is 0 Å². The normalized spacial score (nSPS) is 28.2. The second-order valence-corrected chi connectivity index (χ2v) is 7.23. The van der Waals surface area contributed by atoms with Crippen LogP contribution in [0.2, 0.25) is 0 Å². The van der Waals surface area contributed by atoms with Gasteiger partial charge in [0.1, 0.15) is 0 Å². The molecular weight excluding hydrogens is 264 g/mol. The highest BCUT2D eigenvalue weighted by Crippen LogP contribution is 2.26. The molecule has 2 aliphatic rings. The van der Waals surface area contributed by atoms with Gasteiger partial charge in [-0.15, -0.1) is 0 Å². The first kappa shape index (κ1) is 16.7. The van der Waals surface area contributed by atoms with Crippen LogP contribution in [-0.4, -0.2) is 87.1 Å². The molecule has 1 atom stereocenters. The number of likely N-dealkylation sites (N-methyl/N-ethyl adjacent to an activating group) is 2. The molecule has 5 nitrogen and oxygen atoms in total. The summed E-state index contributed by atoms with van der Waals surface area (Å²) >= 11 is 0. The van der Waals surface area contributed by atoms with E-state index in [1.54, 1.807) is 0 Å². The zero-order valence-electron chi connectivity index (χ0n) is 14.2. The Bertz CT molecular complexity index is 346. The molecule has 21 heavy (non-hydrogen) atoms. The van der Waals surface area contributed by atoms with Crippen molar-refractivity contribution < 1.29 is 4.79 Å². The fourth-order valence-corrected chi connectivity index (χ4v) is 3.49. The van der Waals surface area contributed by atoms with Crippen LogP contribution < -0.4 is 5.32 Å². The number of nitrogens with one attached hydrogen (secondary N) is 1. The molecule has 122 valence electrons. The highest BCUT2D eigenvalue weighted by Gasteiger charge is 2.38. The summed E-state index contributed by atoms with van der Waals surface area (Å²) in [6.45, 7) is 8.05. The van der Waals surface area contributed by atoms with Crippen LogP contribution in [0, 0.1) is 5.41 Å². The van der Waals surface area contributed by atoms with Gasteiger partial charge in [-0.2, -0.15) is 0 Å². The maximum absolute atomic E-state index is 12.6. The number of piperidine rings is 1. The number of nitrogens with zero attached hydrogens (tertiary/aromatic N) is 3. The first-order chi connectivity index (χ1) is 9.92. The van der Waals surface area contributed by atoms with E-state index in [1.807, 2.05) is 11.9 Å². The van der Waals surface area contributed by atoms with Gasteiger partial charge in [-0.05, 0) is 59.9 Å². The van der Waals surface area contributed by atoms with Gasteiger partial charge in [0.05, 0.1) is 5.41 Å². The predicted octanol–water partition coefficient (Wildman–Crippen LogP) is 0.470. The van der Waals surface area contributed by atoms with Crippen LogP contribution in [0.25, 0.3) is 0 Å². The summed E-state index contributed by atoms with van der Waals surface area (Å²) < 4.78 is 0. The molecule has 0 aliphatic carbocycles. The lowest BCUT2D eigenvalue weighted by Crippen LogP contribution is -2.47. The Labute approximate surface area is 129 Å². The van der Waals surface area contributed by atoms with E-state index in [4.69, 9.17) is 0 Å². The molecule has 0 spiro atoms. The molecule has 2 saturated heterocycles. The number of carbonyl (C=O) groups excluding carboxylic acids is 1. The molecule has 0 saturated carbocycles. The monoisotopic (exact) mass is 296 g/mol. The summed E-state index contributed by atoms with van der Waals surface area (Å²) in [6, 6.07) is 0.674. The van der Waals surface area contributed by atoms with Crippen LogP contribution >= 0.6 is 0 Å². The van der Waals surface area contributed by atoms with E-state index in [0.717, 1.165) is 32.6 Å². The van der Waals surface area contributed by atoms with E-state index in [2.05, 4.69) is 36.1 Å². The lowest BCUT2D eigenvalue weighted by Gasteiger charge is -2.36. The number of rotatable bonds is 5. The molecule has 2 heterocycles. The van der Waals surface area contributed by atoms with Gasteiger partial charge >= 0.3 is 0 Å². The standard InChI is InChI=1S/C16H32N4O/c1-16(7-8-17-13-16)15(21)20(4)12-11-19(3)14-5-9-18(2)10-6-14/h14,17H,5-13H2,1-4H3. The topological polar surface area (TPSA) is 38.8 Å². The first-order valence-electron chi connectivity index (χ1n) is 8.27. The largest absolute Gasteiger partial charge is 0.344 e. The second-order valence-electron chi connectivity index (χ2n) is 7.23. The highest BCUT2D eigenvalue weighted by molar-refractivity contribution is 5.82. The molecule has 1 amide bonds. The summed E-state index contributed by atoms with van der Waals surface area (Å²) in [7, 11) is 6.35. The maximum atomic E-state index is 12.6. The van der Waals surface area contributed by atoms with Crippen molar-refractivity contribution in [2.45, 2.75) is 32.2 Å². The van der Waals surface area contributed by atoms with Gasteiger partial charge in [0, 0.05) is 32.7 Å². The third-order valence-electron chi connectivity index (χ3n) is 5.33. The number of likely N-dealkylation sites (tertiary alicyclic amines) is 1. The van der Waals surface area contributed by atoms with E-state index < -0.39 is 0 Å². The molecule has 1 unspecified atom stereocenters. The van der Waals surface area contributed by atoms with E-state index in [0.29, 0.717) is 11.9 Å². The molecule has 0 aromatic heterocycles. The Morgan fingerprint density at radius 3 is 2.52 bits per heavy atom. The Kier molecular flexibility index (Phi) is 5.63. The van der Waals surface area contributed by atoms with Gasteiger partial charge < -0.3 is 20.0 Å². The summed E-state index contributed by atoms with van der Waals surface area (Å²) in [5, 5.41) is 3.31. The van der Waals surface area contributed by atoms with E-state index >= 15 is 0 Å². The lowest BCUT2D eigenvalue weighted by atomic mass is 9.88. The molecule has 1 N–H and O–H groups in total. The minimum absolute atomic E-state index is 0.194. The van der Waals surface area contributed by atoms with E-state index in [-0.39, 0.29) is 5.41 Å². The molecule has 2 aliphatic heterocycles. The highest BCUT2D eigenvalue weighted by atomic mass is 16.2. The quantitative estimate of drug-likeness (QED) is 0.800. The van der Waals surface area contributed by atoms with E-state index in [9.17, 15) is 4.79 Å². The average molecular weight is 296 g/mol. The van der Waals surface area contributed by atoms with Crippen LogP contribution in [0.5, 0.6) is 0 Å². The van der Waals surface area contributed by atoms with Gasteiger partial charge in [-0.1, -0.05) is 0 Å². The Morgan fingerprint density at radius 2 is 1.95 bits per heavy atom. The van der Waals surface area contributed by atoms with Crippen LogP contribution in [0.4, 0.5) is 0 Å². The van der Waals surface area contributed by atoms with Crippen molar-refractivity contribution in [2.24, 2.45) is 5.41 Å². The molecule has 2 rings (SSSR count). The smallest absolute Gasteiger partial charge is 0.229 e. The third kappa shape index (κ3) is 4.18. The van der Waals surface area contributed by atoms with Crippen molar-refractivity contribution in [3.63, 3.8) is 0 Å².